The summed E-state index contributed by atoms with van der Waals surface area (Å²) >= 11 is 12.4. The molecule has 1 heterocycles. The third kappa shape index (κ3) is 3.77. The van der Waals surface area contributed by atoms with Crippen LogP contribution >= 0.6 is 23.2 Å². The van der Waals surface area contributed by atoms with Gasteiger partial charge in [-0.1, -0.05) is 23.2 Å². The highest BCUT2D eigenvalue weighted by Crippen LogP contribution is 2.37. The Morgan fingerprint density at radius 1 is 1.29 bits per heavy atom. The van der Waals surface area contributed by atoms with Gasteiger partial charge in [-0.3, -0.25) is 4.79 Å². The highest BCUT2D eigenvalue weighted by Gasteiger charge is 2.13. The summed E-state index contributed by atoms with van der Waals surface area (Å²) in [6.45, 7) is 2.23. The van der Waals surface area contributed by atoms with Gasteiger partial charge < -0.3 is 9.47 Å². The van der Waals surface area contributed by atoms with Crippen LogP contribution in [0.5, 0.6) is 5.75 Å². The van der Waals surface area contributed by atoms with Gasteiger partial charge in [0.05, 0.1) is 23.8 Å². The van der Waals surface area contributed by atoms with Crippen LogP contribution in [0.1, 0.15) is 18.5 Å². The Hall–Kier alpha value is -1.52. The van der Waals surface area contributed by atoms with Crippen molar-refractivity contribution in [3.8, 4) is 5.75 Å². The fraction of sp³-hybridized carbons (Fsp3) is 0.333. The number of nitrogens with zero attached hydrogens (tertiary/aromatic N) is 1. The van der Waals surface area contributed by atoms with E-state index in [2.05, 4.69) is 9.72 Å². The number of aryl methyl sites for hydroxylation is 1. The third-order valence-electron chi connectivity index (χ3n) is 2.98. The van der Waals surface area contributed by atoms with Gasteiger partial charge in [-0.05, 0) is 31.5 Å². The number of halogens is 2. The maximum absolute atomic E-state index is 11.1. The molecule has 1 aromatic heterocycles. The van der Waals surface area contributed by atoms with E-state index in [1.807, 2.05) is 19.1 Å². The number of pyridine rings is 1. The number of fused-ring (bicyclic) bond motifs is 1. The molecule has 0 atom stereocenters. The van der Waals surface area contributed by atoms with E-state index in [-0.39, 0.29) is 5.97 Å². The maximum Gasteiger partial charge on any atom is 0.305 e. The van der Waals surface area contributed by atoms with Crippen LogP contribution in [0.4, 0.5) is 0 Å². The molecule has 0 bridgehead atoms. The zero-order valence-electron chi connectivity index (χ0n) is 11.8. The van der Waals surface area contributed by atoms with Crippen molar-refractivity contribution in [3.63, 3.8) is 0 Å². The molecule has 0 saturated heterocycles. The monoisotopic (exact) mass is 327 g/mol. The van der Waals surface area contributed by atoms with Gasteiger partial charge in [0.25, 0.3) is 0 Å². The normalized spacial score (nSPS) is 10.7. The lowest BCUT2D eigenvalue weighted by molar-refractivity contribution is -0.140. The SMILES string of the molecule is COC(=O)CCCOc1c(Cl)cc(Cl)c2ccc(C)nc12. The second-order valence-corrected chi connectivity index (χ2v) is 5.36. The van der Waals surface area contributed by atoms with E-state index in [1.54, 1.807) is 6.07 Å². The average molecular weight is 328 g/mol. The Balaban J connectivity index is 2.22. The second kappa shape index (κ2) is 6.96. The highest BCUT2D eigenvalue weighted by atomic mass is 35.5. The van der Waals surface area contributed by atoms with Gasteiger partial charge in [0.15, 0.2) is 5.75 Å². The molecule has 0 spiro atoms. The second-order valence-electron chi connectivity index (χ2n) is 4.55. The lowest BCUT2D eigenvalue weighted by Gasteiger charge is -2.12. The summed E-state index contributed by atoms with van der Waals surface area (Å²) in [7, 11) is 1.36. The lowest BCUT2D eigenvalue weighted by Crippen LogP contribution is -2.05. The van der Waals surface area contributed by atoms with Crippen LogP contribution in [0.25, 0.3) is 10.9 Å². The van der Waals surface area contributed by atoms with Gasteiger partial charge in [-0.25, -0.2) is 4.98 Å². The van der Waals surface area contributed by atoms with Gasteiger partial charge in [0, 0.05) is 17.5 Å². The number of aromatic nitrogens is 1. The Bertz CT molecular complexity index is 674. The van der Waals surface area contributed by atoms with Crippen LogP contribution in [0.15, 0.2) is 18.2 Å². The zero-order chi connectivity index (χ0) is 15.4. The summed E-state index contributed by atoms with van der Waals surface area (Å²) in [5.74, 6) is 0.226. The molecule has 0 aliphatic heterocycles. The molecular weight excluding hydrogens is 313 g/mol. The summed E-state index contributed by atoms with van der Waals surface area (Å²) in [6.07, 6.45) is 0.838. The van der Waals surface area contributed by atoms with E-state index in [1.165, 1.54) is 7.11 Å². The van der Waals surface area contributed by atoms with Crippen molar-refractivity contribution in [2.45, 2.75) is 19.8 Å². The number of carbonyl (C=O) groups excluding carboxylic acids is 1. The number of carbonyl (C=O) groups is 1. The molecule has 6 heteroatoms. The summed E-state index contributed by atoms with van der Waals surface area (Å²) in [4.78, 5) is 15.5. The fourth-order valence-electron chi connectivity index (χ4n) is 1.92. The van der Waals surface area contributed by atoms with Crippen LogP contribution in [-0.2, 0) is 9.53 Å². The van der Waals surface area contributed by atoms with Crippen LogP contribution in [0.2, 0.25) is 10.0 Å². The van der Waals surface area contributed by atoms with Gasteiger partial charge in [-0.2, -0.15) is 0 Å². The van der Waals surface area contributed by atoms with E-state index >= 15 is 0 Å². The van der Waals surface area contributed by atoms with E-state index in [9.17, 15) is 4.79 Å². The van der Waals surface area contributed by atoms with Gasteiger partial charge in [0.1, 0.15) is 5.52 Å². The Labute approximate surface area is 133 Å². The summed E-state index contributed by atoms with van der Waals surface area (Å²) in [5.41, 5.74) is 1.48. The van der Waals surface area contributed by atoms with Crippen molar-refractivity contribution < 1.29 is 14.3 Å². The van der Waals surface area contributed by atoms with Crippen molar-refractivity contribution in [3.05, 3.63) is 33.9 Å². The van der Waals surface area contributed by atoms with Gasteiger partial charge in [0.2, 0.25) is 0 Å². The molecule has 0 aliphatic carbocycles. The summed E-state index contributed by atoms with van der Waals surface area (Å²) < 4.78 is 10.3. The number of rotatable bonds is 5. The van der Waals surface area contributed by atoms with Crippen LogP contribution in [-0.4, -0.2) is 24.7 Å². The molecule has 0 radical (unpaired) electrons. The number of esters is 1. The Morgan fingerprint density at radius 2 is 2.05 bits per heavy atom. The minimum Gasteiger partial charge on any atom is -0.490 e. The van der Waals surface area contributed by atoms with Crippen LogP contribution < -0.4 is 4.74 Å². The quantitative estimate of drug-likeness (QED) is 0.610. The molecule has 4 nitrogen and oxygen atoms in total. The van der Waals surface area contributed by atoms with Crippen LogP contribution in [0.3, 0.4) is 0 Å². The van der Waals surface area contributed by atoms with Gasteiger partial charge >= 0.3 is 5.97 Å². The molecular formula is C15H15Cl2NO3. The number of benzene rings is 1. The molecule has 0 N–H and O–H groups in total. The van der Waals surface area contributed by atoms with Crippen molar-refractivity contribution in [1.82, 2.24) is 4.98 Å². The van der Waals surface area contributed by atoms with Crippen molar-refractivity contribution in [2.24, 2.45) is 0 Å². The molecule has 1 aromatic carbocycles. The first-order valence-corrected chi connectivity index (χ1v) is 7.23. The third-order valence-corrected chi connectivity index (χ3v) is 3.57. The average Bonchev–Trinajstić information content (AvgIpc) is 2.45. The molecule has 2 rings (SSSR count). The van der Waals surface area contributed by atoms with E-state index in [4.69, 9.17) is 27.9 Å². The van der Waals surface area contributed by atoms with E-state index in [0.717, 1.165) is 11.1 Å². The zero-order valence-corrected chi connectivity index (χ0v) is 13.3. The molecule has 0 unspecified atom stereocenters. The minimum absolute atomic E-state index is 0.264. The first-order valence-electron chi connectivity index (χ1n) is 6.48. The molecule has 0 amide bonds. The maximum atomic E-state index is 11.1. The Kier molecular flexibility index (Phi) is 5.26. The predicted octanol–water partition coefficient (Wildman–Crippen LogP) is 4.18. The first-order chi connectivity index (χ1) is 10.0. The number of ether oxygens (including phenoxy) is 2. The topological polar surface area (TPSA) is 48.4 Å². The fourth-order valence-corrected chi connectivity index (χ4v) is 2.49. The molecule has 0 aliphatic rings. The van der Waals surface area contributed by atoms with Crippen molar-refractivity contribution in [1.29, 1.82) is 0 Å². The van der Waals surface area contributed by atoms with Crippen molar-refractivity contribution in [2.75, 3.05) is 13.7 Å². The molecule has 21 heavy (non-hydrogen) atoms. The van der Waals surface area contributed by atoms with Crippen molar-refractivity contribution >= 4 is 40.1 Å². The Morgan fingerprint density at radius 3 is 2.76 bits per heavy atom. The predicted molar refractivity (Wildman–Crippen MR) is 83.2 cm³/mol. The van der Waals surface area contributed by atoms with Crippen LogP contribution in [0, 0.1) is 6.92 Å². The largest absolute Gasteiger partial charge is 0.490 e. The van der Waals surface area contributed by atoms with Gasteiger partial charge in [-0.15, -0.1) is 0 Å². The lowest BCUT2D eigenvalue weighted by atomic mass is 10.2. The minimum atomic E-state index is -0.264. The summed E-state index contributed by atoms with van der Waals surface area (Å²) in [6, 6.07) is 5.40. The number of methoxy groups -OCH3 is 1. The highest BCUT2D eigenvalue weighted by molar-refractivity contribution is 6.39. The smallest absolute Gasteiger partial charge is 0.305 e. The molecule has 112 valence electrons. The summed E-state index contributed by atoms with van der Waals surface area (Å²) in [5, 5.41) is 1.72. The number of hydrogen-bond acceptors (Lipinski definition) is 4. The first kappa shape index (κ1) is 15.9. The van der Waals surface area contributed by atoms with E-state index < -0.39 is 0 Å². The molecule has 0 fully saturated rings. The molecule has 0 saturated carbocycles. The van der Waals surface area contributed by atoms with E-state index in [0.29, 0.717) is 40.8 Å². The standard InChI is InChI=1S/C15H15Cl2NO3/c1-9-5-6-10-11(16)8-12(17)15(14(10)18-9)21-7-3-4-13(19)20-2/h5-6,8H,3-4,7H2,1-2H3. The number of hydrogen-bond donors (Lipinski definition) is 0. The molecule has 2 aromatic rings.